The first-order valence-electron chi connectivity index (χ1n) is 8.78. The number of amides is 2. The van der Waals surface area contributed by atoms with Gasteiger partial charge in [0.15, 0.2) is 12.3 Å². The van der Waals surface area contributed by atoms with E-state index in [1.165, 1.54) is 11.1 Å². The van der Waals surface area contributed by atoms with Gasteiger partial charge in [0.1, 0.15) is 0 Å². The molecule has 1 aromatic rings. The summed E-state index contributed by atoms with van der Waals surface area (Å²) in [5.74, 6) is 0.917. The molecule has 2 fully saturated rings. The summed E-state index contributed by atoms with van der Waals surface area (Å²) in [5, 5.41) is 4.26. The van der Waals surface area contributed by atoms with Crippen molar-refractivity contribution in [3.63, 3.8) is 0 Å². The van der Waals surface area contributed by atoms with E-state index in [2.05, 4.69) is 12.0 Å². The highest BCUT2D eigenvalue weighted by Crippen LogP contribution is 2.20. The molecule has 0 aliphatic carbocycles. The molecule has 0 N–H and O–H groups in total. The molecule has 0 saturated carbocycles. The van der Waals surface area contributed by atoms with Crippen LogP contribution in [0.2, 0.25) is 0 Å². The standard InChI is InChI=1S/C17H26N4O3/c1-13-6-5-9-21(11-13)17(23)14-10-16(19(2)18-14)24-12-15(22)20-7-3-4-8-20/h10,13H,3-9,11-12H2,1-2H3/t13-/m1/s1. The van der Waals surface area contributed by atoms with Gasteiger partial charge >= 0.3 is 0 Å². The van der Waals surface area contributed by atoms with Gasteiger partial charge in [-0.25, -0.2) is 4.68 Å². The van der Waals surface area contributed by atoms with Gasteiger partial charge in [0.2, 0.25) is 5.88 Å². The highest BCUT2D eigenvalue weighted by molar-refractivity contribution is 5.92. The first-order valence-corrected chi connectivity index (χ1v) is 8.78. The van der Waals surface area contributed by atoms with Crippen LogP contribution in [0.25, 0.3) is 0 Å². The fourth-order valence-electron chi connectivity index (χ4n) is 3.42. The fourth-order valence-corrected chi connectivity index (χ4v) is 3.42. The third-order valence-electron chi connectivity index (χ3n) is 4.80. The largest absolute Gasteiger partial charge is 0.468 e. The summed E-state index contributed by atoms with van der Waals surface area (Å²) in [7, 11) is 1.73. The van der Waals surface area contributed by atoms with Crippen LogP contribution in [0.3, 0.4) is 0 Å². The Labute approximate surface area is 142 Å². The minimum atomic E-state index is -0.0575. The van der Waals surface area contributed by atoms with Crippen molar-refractivity contribution in [3.05, 3.63) is 11.8 Å². The number of piperidine rings is 1. The summed E-state index contributed by atoms with van der Waals surface area (Å²) in [6, 6.07) is 1.64. The van der Waals surface area contributed by atoms with E-state index in [0.29, 0.717) is 17.5 Å². The second kappa shape index (κ2) is 7.23. The highest BCUT2D eigenvalue weighted by atomic mass is 16.5. The summed E-state index contributed by atoms with van der Waals surface area (Å²) < 4.78 is 7.11. The molecule has 0 spiro atoms. The van der Waals surface area contributed by atoms with E-state index in [0.717, 1.165) is 45.4 Å². The number of nitrogens with zero attached hydrogens (tertiary/aromatic N) is 4. The van der Waals surface area contributed by atoms with Gasteiger partial charge in [0.25, 0.3) is 11.8 Å². The molecule has 0 radical (unpaired) electrons. The average molecular weight is 334 g/mol. The first-order chi connectivity index (χ1) is 11.5. The summed E-state index contributed by atoms with van der Waals surface area (Å²) in [6.07, 6.45) is 4.32. The Morgan fingerprint density at radius 1 is 1.21 bits per heavy atom. The van der Waals surface area contributed by atoms with Crippen LogP contribution < -0.4 is 4.74 Å². The van der Waals surface area contributed by atoms with Crippen LogP contribution in [0.5, 0.6) is 5.88 Å². The number of carbonyl (C=O) groups is 2. The van der Waals surface area contributed by atoms with E-state index in [4.69, 9.17) is 4.74 Å². The van der Waals surface area contributed by atoms with Crippen molar-refractivity contribution in [2.75, 3.05) is 32.8 Å². The van der Waals surface area contributed by atoms with Crippen molar-refractivity contribution in [1.82, 2.24) is 19.6 Å². The molecule has 132 valence electrons. The summed E-state index contributed by atoms with van der Waals surface area (Å²) >= 11 is 0. The summed E-state index contributed by atoms with van der Waals surface area (Å²) in [4.78, 5) is 28.3. The maximum atomic E-state index is 12.6. The van der Waals surface area contributed by atoms with E-state index in [9.17, 15) is 9.59 Å². The zero-order valence-electron chi connectivity index (χ0n) is 14.5. The average Bonchev–Trinajstić information content (AvgIpc) is 3.22. The van der Waals surface area contributed by atoms with Gasteiger partial charge in [-0.15, -0.1) is 0 Å². The van der Waals surface area contributed by atoms with Crippen molar-refractivity contribution >= 4 is 11.8 Å². The quantitative estimate of drug-likeness (QED) is 0.832. The van der Waals surface area contributed by atoms with Crippen LogP contribution in [0, 0.1) is 5.92 Å². The van der Waals surface area contributed by atoms with Crippen molar-refractivity contribution < 1.29 is 14.3 Å². The Balaban J connectivity index is 1.59. The zero-order valence-corrected chi connectivity index (χ0v) is 14.5. The number of ether oxygens (including phenoxy) is 1. The predicted molar refractivity (Wildman–Crippen MR) is 88.8 cm³/mol. The Morgan fingerprint density at radius 2 is 1.92 bits per heavy atom. The minimum absolute atomic E-state index is 0.00604. The molecule has 1 aromatic heterocycles. The second-order valence-corrected chi connectivity index (χ2v) is 6.87. The highest BCUT2D eigenvalue weighted by Gasteiger charge is 2.25. The monoisotopic (exact) mass is 334 g/mol. The molecule has 2 saturated heterocycles. The Kier molecular flexibility index (Phi) is 5.06. The predicted octanol–water partition coefficient (Wildman–Crippen LogP) is 1.29. The summed E-state index contributed by atoms with van der Waals surface area (Å²) in [5.41, 5.74) is 0.384. The lowest BCUT2D eigenvalue weighted by Crippen LogP contribution is -2.39. The van der Waals surface area contributed by atoms with Crippen LogP contribution in [-0.2, 0) is 11.8 Å². The molecule has 7 heteroatoms. The van der Waals surface area contributed by atoms with Gasteiger partial charge in [0.05, 0.1) is 0 Å². The lowest BCUT2D eigenvalue weighted by Gasteiger charge is -2.30. The van der Waals surface area contributed by atoms with Gasteiger partial charge in [-0.2, -0.15) is 5.10 Å². The van der Waals surface area contributed by atoms with Crippen LogP contribution in [0.15, 0.2) is 6.07 Å². The number of aromatic nitrogens is 2. The molecule has 7 nitrogen and oxygen atoms in total. The molecular formula is C17H26N4O3. The van der Waals surface area contributed by atoms with E-state index >= 15 is 0 Å². The molecule has 0 bridgehead atoms. The van der Waals surface area contributed by atoms with Crippen LogP contribution in [0.1, 0.15) is 43.1 Å². The molecule has 3 rings (SSSR count). The molecule has 3 heterocycles. The van der Waals surface area contributed by atoms with Crippen molar-refractivity contribution in [1.29, 1.82) is 0 Å². The molecule has 0 aromatic carbocycles. The van der Waals surface area contributed by atoms with Crippen LogP contribution >= 0.6 is 0 Å². The van der Waals surface area contributed by atoms with Crippen molar-refractivity contribution in [2.45, 2.75) is 32.6 Å². The fraction of sp³-hybridized carbons (Fsp3) is 0.706. The van der Waals surface area contributed by atoms with Gasteiger partial charge in [0, 0.05) is 39.3 Å². The third-order valence-corrected chi connectivity index (χ3v) is 4.80. The maximum absolute atomic E-state index is 12.6. The number of likely N-dealkylation sites (tertiary alicyclic amines) is 2. The number of hydrogen-bond donors (Lipinski definition) is 0. The van der Waals surface area contributed by atoms with Gasteiger partial charge in [-0.1, -0.05) is 6.92 Å². The summed E-state index contributed by atoms with van der Waals surface area (Å²) in [6.45, 7) is 5.33. The third kappa shape index (κ3) is 3.71. The van der Waals surface area contributed by atoms with Crippen molar-refractivity contribution in [2.24, 2.45) is 13.0 Å². The van der Waals surface area contributed by atoms with E-state index in [1.807, 2.05) is 9.80 Å². The zero-order chi connectivity index (χ0) is 17.1. The number of hydrogen-bond acceptors (Lipinski definition) is 4. The number of rotatable bonds is 4. The van der Waals surface area contributed by atoms with Gasteiger partial charge < -0.3 is 14.5 Å². The molecule has 0 unspecified atom stereocenters. The lowest BCUT2D eigenvalue weighted by atomic mass is 10.0. The Morgan fingerprint density at radius 3 is 2.62 bits per heavy atom. The van der Waals surface area contributed by atoms with E-state index in [1.54, 1.807) is 13.1 Å². The molecule has 2 aliphatic rings. The van der Waals surface area contributed by atoms with Gasteiger partial charge in [-0.3, -0.25) is 9.59 Å². The normalized spacial score (nSPS) is 21.2. The topological polar surface area (TPSA) is 67.7 Å². The molecule has 1 atom stereocenters. The molecule has 24 heavy (non-hydrogen) atoms. The smallest absolute Gasteiger partial charge is 0.274 e. The molecule has 2 aliphatic heterocycles. The molecular weight excluding hydrogens is 308 g/mol. The number of carbonyl (C=O) groups excluding carboxylic acids is 2. The first kappa shape index (κ1) is 16.8. The Hall–Kier alpha value is -2.05. The maximum Gasteiger partial charge on any atom is 0.274 e. The SMILES string of the molecule is C[C@@H]1CCCN(C(=O)c2cc(OCC(=O)N3CCCC3)n(C)n2)C1. The Bertz CT molecular complexity index is 607. The number of aryl methyl sites for hydroxylation is 1. The van der Waals surface area contributed by atoms with Gasteiger partial charge in [-0.05, 0) is 31.6 Å². The van der Waals surface area contributed by atoms with Crippen LogP contribution in [0.4, 0.5) is 0 Å². The lowest BCUT2D eigenvalue weighted by molar-refractivity contribution is -0.132. The second-order valence-electron chi connectivity index (χ2n) is 6.87. The van der Waals surface area contributed by atoms with Crippen LogP contribution in [-0.4, -0.2) is 64.2 Å². The van der Waals surface area contributed by atoms with Crippen molar-refractivity contribution in [3.8, 4) is 5.88 Å². The van der Waals surface area contributed by atoms with E-state index in [-0.39, 0.29) is 18.4 Å². The minimum Gasteiger partial charge on any atom is -0.468 e. The van der Waals surface area contributed by atoms with E-state index < -0.39 is 0 Å². The molecule has 2 amide bonds.